The average Bonchev–Trinajstić information content (AvgIpc) is 2.77. The third-order valence-electron chi connectivity index (χ3n) is 5.86. The summed E-state index contributed by atoms with van der Waals surface area (Å²) in [6.45, 7) is 8.70. The molecule has 0 radical (unpaired) electrons. The van der Waals surface area contributed by atoms with E-state index >= 15 is 0 Å². The Kier molecular flexibility index (Phi) is 6.13. The van der Waals surface area contributed by atoms with Gasteiger partial charge in [-0.3, -0.25) is 14.6 Å². The zero-order valence-electron chi connectivity index (χ0n) is 15.3. The van der Waals surface area contributed by atoms with E-state index in [1.807, 2.05) is 4.90 Å². The molecule has 138 valence electrons. The summed E-state index contributed by atoms with van der Waals surface area (Å²) >= 11 is 0. The van der Waals surface area contributed by atoms with Crippen molar-refractivity contribution in [1.29, 1.82) is 0 Å². The van der Waals surface area contributed by atoms with Crippen molar-refractivity contribution in [3.63, 3.8) is 0 Å². The van der Waals surface area contributed by atoms with E-state index in [1.165, 1.54) is 25.7 Å². The van der Waals surface area contributed by atoms with Crippen LogP contribution in [0.25, 0.3) is 0 Å². The van der Waals surface area contributed by atoms with E-state index in [4.69, 9.17) is 0 Å². The first-order valence-corrected chi connectivity index (χ1v) is 9.68. The fraction of sp³-hybridized carbons (Fsp3) is 0.944. The molecule has 3 saturated heterocycles. The maximum absolute atomic E-state index is 12.6. The predicted octanol–water partition coefficient (Wildman–Crippen LogP) is 0.0732. The number of likely N-dealkylation sites (tertiary alicyclic amines) is 2. The Hall–Kier alpha value is -0.690. The summed E-state index contributed by atoms with van der Waals surface area (Å²) in [5, 5.41) is 10.9. The highest BCUT2D eigenvalue weighted by Crippen LogP contribution is 2.23. The van der Waals surface area contributed by atoms with E-state index in [9.17, 15) is 9.90 Å². The standard InChI is InChI=1S/C18H34N4O2/c1-19-10-12-21(13-11-19)15-18(24)6-9-22(16-18)17(23)14-20-7-4-2-3-5-8-20/h24H,2-16H2,1H3/t18-/m1/s1. The first kappa shape index (κ1) is 18.1. The first-order chi connectivity index (χ1) is 11.5. The van der Waals surface area contributed by atoms with E-state index < -0.39 is 5.60 Å². The fourth-order valence-electron chi connectivity index (χ4n) is 4.21. The summed E-state index contributed by atoms with van der Waals surface area (Å²) in [6, 6.07) is 0. The van der Waals surface area contributed by atoms with Crippen molar-refractivity contribution < 1.29 is 9.90 Å². The number of aliphatic hydroxyl groups is 1. The molecule has 0 aromatic carbocycles. The van der Waals surface area contributed by atoms with Crippen LogP contribution in [0.5, 0.6) is 0 Å². The number of hydrogen-bond acceptors (Lipinski definition) is 5. The lowest BCUT2D eigenvalue weighted by Crippen LogP contribution is -2.52. The smallest absolute Gasteiger partial charge is 0.236 e. The third kappa shape index (κ3) is 4.91. The third-order valence-corrected chi connectivity index (χ3v) is 5.86. The molecule has 0 saturated carbocycles. The summed E-state index contributed by atoms with van der Waals surface area (Å²) in [5.74, 6) is 0.200. The van der Waals surface area contributed by atoms with Gasteiger partial charge < -0.3 is 14.9 Å². The molecule has 0 aromatic rings. The summed E-state index contributed by atoms with van der Waals surface area (Å²) < 4.78 is 0. The zero-order chi connectivity index (χ0) is 17.0. The SMILES string of the molecule is CN1CCN(C[C@]2(O)CCN(C(=O)CN3CCCCCC3)C2)CC1. The molecule has 1 atom stereocenters. The fourth-order valence-corrected chi connectivity index (χ4v) is 4.21. The second-order valence-electron chi connectivity index (χ2n) is 8.06. The van der Waals surface area contributed by atoms with Crippen molar-refractivity contribution in [2.45, 2.75) is 37.7 Å². The van der Waals surface area contributed by atoms with Crippen LogP contribution in [-0.4, -0.2) is 109 Å². The van der Waals surface area contributed by atoms with Gasteiger partial charge in [-0.1, -0.05) is 12.8 Å². The molecule has 0 unspecified atom stereocenters. The Morgan fingerprint density at radius 3 is 2.25 bits per heavy atom. The highest BCUT2D eigenvalue weighted by molar-refractivity contribution is 5.78. The van der Waals surface area contributed by atoms with Gasteiger partial charge in [0.15, 0.2) is 0 Å². The van der Waals surface area contributed by atoms with Crippen LogP contribution >= 0.6 is 0 Å². The molecule has 1 N–H and O–H groups in total. The second-order valence-corrected chi connectivity index (χ2v) is 8.06. The van der Waals surface area contributed by atoms with Gasteiger partial charge >= 0.3 is 0 Å². The molecule has 3 heterocycles. The van der Waals surface area contributed by atoms with Gasteiger partial charge in [0, 0.05) is 39.3 Å². The van der Waals surface area contributed by atoms with Crippen LogP contribution in [0.1, 0.15) is 32.1 Å². The van der Waals surface area contributed by atoms with Crippen molar-refractivity contribution in [3.05, 3.63) is 0 Å². The Balaban J connectivity index is 1.45. The van der Waals surface area contributed by atoms with Crippen molar-refractivity contribution in [2.75, 3.05) is 72.5 Å². The highest BCUT2D eigenvalue weighted by atomic mass is 16.3. The molecule has 1 amide bonds. The molecule has 3 fully saturated rings. The van der Waals surface area contributed by atoms with Gasteiger partial charge in [0.05, 0.1) is 18.7 Å². The number of nitrogens with zero attached hydrogens (tertiary/aromatic N) is 4. The summed E-state index contributed by atoms with van der Waals surface area (Å²) in [6.07, 6.45) is 5.71. The largest absolute Gasteiger partial charge is 0.387 e. The maximum Gasteiger partial charge on any atom is 0.236 e. The number of likely N-dealkylation sites (N-methyl/N-ethyl adjacent to an activating group) is 1. The molecule has 0 aromatic heterocycles. The van der Waals surface area contributed by atoms with Gasteiger partial charge in [0.1, 0.15) is 0 Å². The number of carbonyl (C=O) groups is 1. The molecule has 0 spiro atoms. The van der Waals surface area contributed by atoms with E-state index in [0.717, 1.165) is 39.3 Å². The molecule has 24 heavy (non-hydrogen) atoms. The van der Waals surface area contributed by atoms with E-state index in [2.05, 4.69) is 21.7 Å². The molecular formula is C18H34N4O2. The van der Waals surface area contributed by atoms with Gasteiger partial charge in [-0.2, -0.15) is 0 Å². The Labute approximate surface area is 146 Å². The minimum absolute atomic E-state index is 0.200. The summed E-state index contributed by atoms with van der Waals surface area (Å²) in [5.41, 5.74) is -0.718. The summed E-state index contributed by atoms with van der Waals surface area (Å²) in [4.78, 5) is 21.5. The number of hydrogen-bond donors (Lipinski definition) is 1. The van der Waals surface area contributed by atoms with Crippen molar-refractivity contribution >= 4 is 5.91 Å². The molecule has 3 aliphatic rings. The van der Waals surface area contributed by atoms with Crippen LogP contribution in [-0.2, 0) is 4.79 Å². The number of β-amino-alcohol motifs (C(OH)–C–C–N with tert-alkyl or cyclic N) is 1. The number of carbonyl (C=O) groups excluding carboxylic acids is 1. The number of rotatable bonds is 4. The van der Waals surface area contributed by atoms with Crippen LogP contribution in [0.4, 0.5) is 0 Å². The monoisotopic (exact) mass is 338 g/mol. The van der Waals surface area contributed by atoms with Gasteiger partial charge in [-0.15, -0.1) is 0 Å². The molecule has 0 bridgehead atoms. The van der Waals surface area contributed by atoms with Crippen LogP contribution < -0.4 is 0 Å². The Bertz CT molecular complexity index is 417. The average molecular weight is 338 g/mol. The quantitative estimate of drug-likeness (QED) is 0.786. The van der Waals surface area contributed by atoms with E-state index in [0.29, 0.717) is 32.6 Å². The molecule has 3 rings (SSSR count). The minimum atomic E-state index is -0.718. The lowest BCUT2D eigenvalue weighted by atomic mass is 10.0. The van der Waals surface area contributed by atoms with E-state index in [-0.39, 0.29) is 5.91 Å². The molecule has 0 aliphatic carbocycles. The Morgan fingerprint density at radius 2 is 1.58 bits per heavy atom. The second kappa shape index (κ2) is 8.13. The van der Waals surface area contributed by atoms with Crippen molar-refractivity contribution in [3.8, 4) is 0 Å². The molecular weight excluding hydrogens is 304 g/mol. The van der Waals surface area contributed by atoms with Crippen LogP contribution in [0.2, 0.25) is 0 Å². The zero-order valence-corrected chi connectivity index (χ0v) is 15.3. The van der Waals surface area contributed by atoms with Crippen molar-refractivity contribution in [2.24, 2.45) is 0 Å². The highest BCUT2D eigenvalue weighted by Gasteiger charge is 2.39. The van der Waals surface area contributed by atoms with Crippen molar-refractivity contribution in [1.82, 2.24) is 19.6 Å². The van der Waals surface area contributed by atoms with E-state index in [1.54, 1.807) is 0 Å². The predicted molar refractivity (Wildman–Crippen MR) is 95.0 cm³/mol. The first-order valence-electron chi connectivity index (χ1n) is 9.68. The lowest BCUT2D eigenvalue weighted by Gasteiger charge is -2.36. The van der Waals surface area contributed by atoms with Gasteiger partial charge in [0.25, 0.3) is 0 Å². The lowest BCUT2D eigenvalue weighted by molar-refractivity contribution is -0.132. The van der Waals surface area contributed by atoms with Gasteiger partial charge in [0.2, 0.25) is 5.91 Å². The minimum Gasteiger partial charge on any atom is -0.387 e. The Morgan fingerprint density at radius 1 is 0.917 bits per heavy atom. The maximum atomic E-state index is 12.6. The van der Waals surface area contributed by atoms with Gasteiger partial charge in [-0.25, -0.2) is 0 Å². The van der Waals surface area contributed by atoms with Crippen LogP contribution in [0.15, 0.2) is 0 Å². The van der Waals surface area contributed by atoms with Crippen LogP contribution in [0, 0.1) is 0 Å². The van der Waals surface area contributed by atoms with Crippen LogP contribution in [0.3, 0.4) is 0 Å². The summed E-state index contributed by atoms with van der Waals surface area (Å²) in [7, 11) is 2.14. The number of piperazine rings is 1. The molecule has 6 nitrogen and oxygen atoms in total. The molecule has 6 heteroatoms. The van der Waals surface area contributed by atoms with Gasteiger partial charge in [-0.05, 0) is 39.4 Å². The molecule has 3 aliphatic heterocycles. The topological polar surface area (TPSA) is 50.3 Å². The number of amides is 1. The normalized spacial score (nSPS) is 31.3.